The maximum atomic E-state index is 13.5. The molecule has 2 heterocycles. The molecule has 154 valence electrons. The van der Waals surface area contributed by atoms with E-state index in [0.717, 1.165) is 30.6 Å². The zero-order valence-corrected chi connectivity index (χ0v) is 16.7. The first-order valence-corrected chi connectivity index (χ1v) is 10.1. The fourth-order valence-electron chi connectivity index (χ4n) is 4.26. The Kier molecular flexibility index (Phi) is 5.94. The van der Waals surface area contributed by atoms with Crippen LogP contribution >= 0.6 is 0 Å². The Bertz CT molecular complexity index is 852. The zero-order valence-electron chi connectivity index (χ0n) is 16.7. The van der Waals surface area contributed by atoms with Crippen molar-refractivity contribution in [1.29, 1.82) is 0 Å². The third-order valence-electron chi connectivity index (χ3n) is 5.77. The summed E-state index contributed by atoms with van der Waals surface area (Å²) in [6, 6.07) is 14.5. The van der Waals surface area contributed by atoms with Crippen molar-refractivity contribution in [3.05, 3.63) is 65.5 Å². The van der Waals surface area contributed by atoms with Crippen LogP contribution in [0.4, 0.5) is 10.1 Å². The highest BCUT2D eigenvalue weighted by Gasteiger charge is 2.50. The molecule has 1 N–H and O–H groups in total. The quantitative estimate of drug-likeness (QED) is 0.809. The van der Waals surface area contributed by atoms with E-state index in [-0.39, 0.29) is 30.0 Å². The maximum Gasteiger partial charge on any atom is 0.238 e. The molecule has 0 bridgehead atoms. The van der Waals surface area contributed by atoms with Gasteiger partial charge in [0.05, 0.1) is 13.2 Å². The van der Waals surface area contributed by atoms with Crippen LogP contribution in [0.3, 0.4) is 0 Å². The predicted molar refractivity (Wildman–Crippen MR) is 109 cm³/mol. The number of hydrogen-bond donors (Lipinski definition) is 1. The zero-order chi connectivity index (χ0) is 20.3. The number of rotatable bonds is 6. The van der Waals surface area contributed by atoms with Gasteiger partial charge in [0.1, 0.15) is 17.5 Å². The van der Waals surface area contributed by atoms with Crippen molar-refractivity contribution in [2.45, 2.75) is 38.1 Å². The molecule has 1 spiro atoms. The molecular weight excluding hydrogens is 371 g/mol. The fraction of sp³-hybridized carbons (Fsp3) is 0.435. The molecule has 4 rings (SSSR count). The molecule has 2 aromatic carbocycles. The average Bonchev–Trinajstić information content (AvgIpc) is 3.31. The molecule has 6 heteroatoms. The molecule has 2 saturated heterocycles. The van der Waals surface area contributed by atoms with Gasteiger partial charge in [-0.05, 0) is 43.0 Å². The Morgan fingerprint density at radius 1 is 1.31 bits per heavy atom. The van der Waals surface area contributed by atoms with Crippen LogP contribution in [-0.4, -0.2) is 48.8 Å². The second kappa shape index (κ2) is 8.61. The number of amides is 1. The summed E-state index contributed by atoms with van der Waals surface area (Å²) >= 11 is 0. The third kappa shape index (κ3) is 4.66. The number of benzene rings is 2. The number of halogens is 1. The van der Waals surface area contributed by atoms with Crippen molar-refractivity contribution in [2.75, 3.05) is 31.6 Å². The van der Waals surface area contributed by atoms with Crippen molar-refractivity contribution in [3.63, 3.8) is 0 Å². The Labute approximate surface area is 170 Å². The Morgan fingerprint density at radius 2 is 2.14 bits per heavy atom. The highest BCUT2D eigenvalue weighted by Crippen LogP contribution is 2.37. The maximum absolute atomic E-state index is 13.5. The van der Waals surface area contributed by atoms with E-state index in [0.29, 0.717) is 25.4 Å². The minimum absolute atomic E-state index is 0.0751. The summed E-state index contributed by atoms with van der Waals surface area (Å²) in [6.45, 7) is 4.64. The third-order valence-corrected chi connectivity index (χ3v) is 5.77. The van der Waals surface area contributed by atoms with Gasteiger partial charge < -0.3 is 14.8 Å². The molecule has 0 saturated carbocycles. The number of aryl methyl sites for hydroxylation is 1. The van der Waals surface area contributed by atoms with Crippen LogP contribution < -0.4 is 5.32 Å². The molecule has 29 heavy (non-hydrogen) atoms. The van der Waals surface area contributed by atoms with Crippen LogP contribution in [0.5, 0.6) is 0 Å². The van der Waals surface area contributed by atoms with Gasteiger partial charge in [0.25, 0.3) is 0 Å². The SMILES string of the molecule is Cc1ccc(F)cc1NC(=O)CN1C[C@H](OCc2ccccc2)[C@]2(CCCO2)C1. The summed E-state index contributed by atoms with van der Waals surface area (Å²) in [5.41, 5.74) is 2.13. The summed E-state index contributed by atoms with van der Waals surface area (Å²) in [5, 5.41) is 2.83. The lowest BCUT2D eigenvalue weighted by Gasteiger charge is -2.29. The monoisotopic (exact) mass is 398 g/mol. The first-order chi connectivity index (χ1) is 14.0. The van der Waals surface area contributed by atoms with Gasteiger partial charge in [-0.15, -0.1) is 0 Å². The van der Waals surface area contributed by atoms with Crippen LogP contribution in [0.2, 0.25) is 0 Å². The lowest BCUT2D eigenvalue weighted by molar-refractivity contribution is -0.117. The normalized spacial score (nSPS) is 24.3. The molecular formula is C23H27FN2O3. The number of hydrogen-bond acceptors (Lipinski definition) is 4. The van der Waals surface area contributed by atoms with E-state index in [4.69, 9.17) is 9.47 Å². The van der Waals surface area contributed by atoms with E-state index in [1.165, 1.54) is 12.1 Å². The molecule has 2 fully saturated rings. The standard InChI is InChI=1S/C23H27FN2O3/c1-17-8-9-19(24)12-20(17)25-22(27)14-26-13-21(23(16-26)10-5-11-29-23)28-15-18-6-3-2-4-7-18/h2-4,6-9,12,21H,5,10-11,13-16H2,1H3,(H,25,27)/t21-,23-/m0/s1. The van der Waals surface area contributed by atoms with Crippen LogP contribution in [0, 0.1) is 12.7 Å². The number of nitrogens with one attached hydrogen (secondary N) is 1. The number of ether oxygens (including phenoxy) is 2. The van der Waals surface area contributed by atoms with Crippen LogP contribution in [-0.2, 0) is 20.9 Å². The molecule has 0 aromatic heterocycles. The number of likely N-dealkylation sites (tertiary alicyclic amines) is 1. The van der Waals surface area contributed by atoms with Gasteiger partial charge in [0.15, 0.2) is 0 Å². The molecule has 5 nitrogen and oxygen atoms in total. The Hall–Kier alpha value is -2.28. The molecule has 2 aliphatic rings. The van der Waals surface area contributed by atoms with E-state index >= 15 is 0 Å². The highest BCUT2D eigenvalue weighted by atomic mass is 19.1. The molecule has 2 aliphatic heterocycles. The van der Waals surface area contributed by atoms with Gasteiger partial charge in [-0.2, -0.15) is 0 Å². The molecule has 0 radical (unpaired) electrons. The van der Waals surface area contributed by atoms with Crippen LogP contribution in [0.15, 0.2) is 48.5 Å². The topological polar surface area (TPSA) is 50.8 Å². The number of nitrogens with zero attached hydrogens (tertiary/aromatic N) is 1. The van der Waals surface area contributed by atoms with Crippen LogP contribution in [0.1, 0.15) is 24.0 Å². The molecule has 1 amide bonds. The number of carbonyl (C=O) groups excluding carboxylic acids is 1. The first-order valence-electron chi connectivity index (χ1n) is 10.1. The predicted octanol–water partition coefficient (Wildman–Crippen LogP) is 3.52. The Balaban J connectivity index is 1.38. The van der Waals surface area contributed by atoms with E-state index < -0.39 is 0 Å². The lowest BCUT2D eigenvalue weighted by atomic mass is 9.96. The smallest absolute Gasteiger partial charge is 0.238 e. The minimum atomic E-state index is -0.361. The van der Waals surface area contributed by atoms with E-state index in [1.54, 1.807) is 6.07 Å². The molecule has 2 aromatic rings. The Morgan fingerprint density at radius 3 is 2.90 bits per heavy atom. The average molecular weight is 398 g/mol. The molecule has 2 atom stereocenters. The summed E-state index contributed by atoms with van der Waals surface area (Å²) < 4.78 is 25.8. The second-order valence-electron chi connectivity index (χ2n) is 7.98. The van der Waals surface area contributed by atoms with E-state index in [1.807, 2.05) is 37.3 Å². The van der Waals surface area contributed by atoms with Gasteiger partial charge in [-0.1, -0.05) is 36.4 Å². The first kappa shape index (κ1) is 20.0. The van der Waals surface area contributed by atoms with Crippen LogP contribution in [0.25, 0.3) is 0 Å². The molecule has 0 unspecified atom stereocenters. The van der Waals surface area contributed by atoms with Crippen molar-refractivity contribution in [2.24, 2.45) is 0 Å². The van der Waals surface area contributed by atoms with Gasteiger partial charge >= 0.3 is 0 Å². The number of carbonyl (C=O) groups is 1. The second-order valence-corrected chi connectivity index (χ2v) is 7.98. The van der Waals surface area contributed by atoms with Gasteiger partial charge in [-0.25, -0.2) is 4.39 Å². The van der Waals surface area contributed by atoms with Crippen molar-refractivity contribution in [1.82, 2.24) is 4.90 Å². The fourth-order valence-corrected chi connectivity index (χ4v) is 4.26. The summed E-state index contributed by atoms with van der Waals surface area (Å²) in [7, 11) is 0. The van der Waals surface area contributed by atoms with Crippen molar-refractivity contribution >= 4 is 11.6 Å². The van der Waals surface area contributed by atoms with Gasteiger partial charge in [-0.3, -0.25) is 9.69 Å². The largest absolute Gasteiger partial charge is 0.371 e. The summed E-state index contributed by atoms with van der Waals surface area (Å²) in [6.07, 6.45) is 1.87. The van der Waals surface area contributed by atoms with Gasteiger partial charge in [0, 0.05) is 25.4 Å². The lowest BCUT2D eigenvalue weighted by Crippen LogP contribution is -2.42. The highest BCUT2D eigenvalue weighted by molar-refractivity contribution is 5.93. The van der Waals surface area contributed by atoms with E-state index in [2.05, 4.69) is 10.2 Å². The number of anilines is 1. The minimum Gasteiger partial charge on any atom is -0.371 e. The van der Waals surface area contributed by atoms with Gasteiger partial charge in [0.2, 0.25) is 5.91 Å². The van der Waals surface area contributed by atoms with Crippen molar-refractivity contribution < 1.29 is 18.7 Å². The molecule has 0 aliphatic carbocycles. The van der Waals surface area contributed by atoms with Crippen molar-refractivity contribution in [3.8, 4) is 0 Å². The summed E-state index contributed by atoms with van der Waals surface area (Å²) in [5.74, 6) is -0.518. The van der Waals surface area contributed by atoms with E-state index in [9.17, 15) is 9.18 Å². The summed E-state index contributed by atoms with van der Waals surface area (Å²) in [4.78, 5) is 14.6.